The second kappa shape index (κ2) is 8.87. The molecule has 1 aliphatic rings. The Bertz CT molecular complexity index is 1050. The molecule has 6 nitrogen and oxygen atoms in total. The maximum absolute atomic E-state index is 14.1. The molecular weight excluding hydrogens is 444 g/mol. The SMILES string of the molecule is O=C(O)COc1cc(F)cc2c1CCCC2NCS(=O)(=O)c1cc(Cl)ccc1Cl. The average molecular weight is 462 g/mol. The summed E-state index contributed by atoms with van der Waals surface area (Å²) in [4.78, 5) is 10.7. The van der Waals surface area contributed by atoms with Gasteiger partial charge >= 0.3 is 5.97 Å². The minimum absolute atomic E-state index is 0.0654. The van der Waals surface area contributed by atoms with Gasteiger partial charge in [-0.1, -0.05) is 23.2 Å². The summed E-state index contributed by atoms with van der Waals surface area (Å²) in [6.07, 6.45) is 1.88. The summed E-state index contributed by atoms with van der Waals surface area (Å²) in [7, 11) is -3.79. The highest BCUT2D eigenvalue weighted by Gasteiger charge is 2.27. The Balaban J connectivity index is 1.84. The molecule has 0 aliphatic heterocycles. The van der Waals surface area contributed by atoms with E-state index in [1.807, 2.05) is 0 Å². The summed E-state index contributed by atoms with van der Waals surface area (Å²) < 4.78 is 44.7. The standard InChI is InChI=1S/C19H18Cl2FNO5S/c20-11-4-5-15(21)18(6-11)29(26,27)10-23-16-3-1-2-13-14(16)7-12(22)8-17(13)28-9-19(24)25/h4-8,16,23H,1-3,9-10H2,(H,24,25). The van der Waals surface area contributed by atoms with Crippen molar-refractivity contribution < 1.29 is 27.4 Å². The summed E-state index contributed by atoms with van der Waals surface area (Å²) in [5, 5.41) is 12.1. The van der Waals surface area contributed by atoms with Gasteiger partial charge in [0.25, 0.3) is 0 Å². The molecule has 3 rings (SSSR count). The van der Waals surface area contributed by atoms with E-state index >= 15 is 0 Å². The van der Waals surface area contributed by atoms with Gasteiger partial charge in [-0.05, 0) is 54.7 Å². The zero-order valence-corrected chi connectivity index (χ0v) is 17.5. The first kappa shape index (κ1) is 21.8. The van der Waals surface area contributed by atoms with Gasteiger partial charge in [0.1, 0.15) is 17.4 Å². The first-order valence-electron chi connectivity index (χ1n) is 8.75. The minimum Gasteiger partial charge on any atom is -0.482 e. The summed E-state index contributed by atoms with van der Waals surface area (Å²) in [6.45, 7) is -0.588. The highest BCUT2D eigenvalue weighted by molar-refractivity contribution is 7.91. The molecule has 0 saturated carbocycles. The third-order valence-corrected chi connectivity index (χ3v) is 6.83. The van der Waals surface area contributed by atoms with Crippen LogP contribution in [0.15, 0.2) is 35.2 Å². The Morgan fingerprint density at radius 3 is 2.76 bits per heavy atom. The second-order valence-corrected chi connectivity index (χ2v) is 9.44. The largest absolute Gasteiger partial charge is 0.482 e. The Morgan fingerprint density at radius 1 is 1.28 bits per heavy atom. The van der Waals surface area contributed by atoms with Crippen molar-refractivity contribution >= 4 is 39.0 Å². The number of hydrogen-bond acceptors (Lipinski definition) is 5. The van der Waals surface area contributed by atoms with Gasteiger partial charge in [0, 0.05) is 17.1 Å². The number of benzene rings is 2. The summed E-state index contributed by atoms with van der Waals surface area (Å²) >= 11 is 11.9. The van der Waals surface area contributed by atoms with E-state index in [9.17, 15) is 17.6 Å². The van der Waals surface area contributed by atoms with E-state index < -0.39 is 40.1 Å². The molecule has 0 bridgehead atoms. The quantitative estimate of drug-likeness (QED) is 0.647. The van der Waals surface area contributed by atoms with Crippen molar-refractivity contribution in [1.82, 2.24) is 5.32 Å². The van der Waals surface area contributed by atoms with Gasteiger partial charge in [0.2, 0.25) is 0 Å². The van der Waals surface area contributed by atoms with Gasteiger partial charge in [-0.25, -0.2) is 17.6 Å². The fourth-order valence-electron chi connectivity index (χ4n) is 3.33. The monoisotopic (exact) mass is 461 g/mol. The van der Waals surface area contributed by atoms with Crippen molar-refractivity contribution in [2.24, 2.45) is 0 Å². The van der Waals surface area contributed by atoms with E-state index in [0.717, 1.165) is 6.07 Å². The zero-order valence-electron chi connectivity index (χ0n) is 15.1. The molecule has 2 N–H and O–H groups in total. The lowest BCUT2D eigenvalue weighted by Crippen LogP contribution is -2.30. The predicted molar refractivity (Wildman–Crippen MR) is 107 cm³/mol. The number of sulfone groups is 1. The van der Waals surface area contributed by atoms with Crippen LogP contribution in [0.1, 0.15) is 30.0 Å². The second-order valence-electron chi connectivity index (χ2n) is 6.64. The summed E-state index contributed by atoms with van der Waals surface area (Å²) in [5.74, 6) is -2.01. The molecule has 1 aliphatic carbocycles. The highest BCUT2D eigenvalue weighted by Crippen LogP contribution is 2.37. The molecule has 0 fully saturated rings. The molecule has 0 heterocycles. The normalized spacial score (nSPS) is 16.3. The molecule has 0 amide bonds. The van der Waals surface area contributed by atoms with Gasteiger partial charge in [-0.3, -0.25) is 5.32 Å². The molecule has 2 aromatic rings. The highest BCUT2D eigenvalue weighted by atomic mass is 35.5. The Labute approximate surface area is 177 Å². The molecule has 1 unspecified atom stereocenters. The Hall–Kier alpha value is -1.87. The van der Waals surface area contributed by atoms with Crippen LogP contribution in [0.2, 0.25) is 10.0 Å². The number of carbonyl (C=O) groups is 1. The smallest absolute Gasteiger partial charge is 0.341 e. The number of carboxylic acid groups (broad SMARTS) is 1. The van der Waals surface area contributed by atoms with Gasteiger partial charge < -0.3 is 9.84 Å². The van der Waals surface area contributed by atoms with Gasteiger partial charge in [0.05, 0.1) is 9.92 Å². The molecule has 2 aromatic carbocycles. The molecule has 0 spiro atoms. The van der Waals surface area contributed by atoms with E-state index in [-0.39, 0.29) is 20.7 Å². The molecule has 29 heavy (non-hydrogen) atoms. The maximum Gasteiger partial charge on any atom is 0.341 e. The molecule has 0 radical (unpaired) electrons. The molecular formula is C19H18Cl2FNO5S. The number of hydrogen-bond donors (Lipinski definition) is 2. The average Bonchev–Trinajstić information content (AvgIpc) is 2.66. The van der Waals surface area contributed by atoms with Gasteiger partial charge in [-0.15, -0.1) is 0 Å². The molecule has 10 heteroatoms. The van der Waals surface area contributed by atoms with Crippen molar-refractivity contribution in [1.29, 1.82) is 0 Å². The van der Waals surface area contributed by atoms with E-state index in [1.165, 1.54) is 24.3 Å². The number of fused-ring (bicyclic) bond motifs is 1. The third kappa shape index (κ3) is 5.19. The van der Waals surface area contributed by atoms with Gasteiger partial charge in [0.15, 0.2) is 16.4 Å². The van der Waals surface area contributed by atoms with Crippen molar-refractivity contribution in [2.75, 3.05) is 12.5 Å². The van der Waals surface area contributed by atoms with Crippen LogP contribution in [-0.4, -0.2) is 32.0 Å². The van der Waals surface area contributed by atoms with Gasteiger partial charge in [-0.2, -0.15) is 0 Å². The number of ether oxygens (including phenoxy) is 1. The van der Waals surface area contributed by atoms with E-state index in [0.29, 0.717) is 30.4 Å². The van der Waals surface area contributed by atoms with E-state index in [4.69, 9.17) is 33.0 Å². The van der Waals surface area contributed by atoms with Crippen LogP contribution in [0.3, 0.4) is 0 Å². The van der Waals surface area contributed by atoms with Crippen LogP contribution >= 0.6 is 23.2 Å². The van der Waals surface area contributed by atoms with Crippen molar-refractivity contribution in [2.45, 2.75) is 30.2 Å². The predicted octanol–water partition coefficient (Wildman–Crippen LogP) is 3.99. The molecule has 156 valence electrons. The lowest BCUT2D eigenvalue weighted by molar-refractivity contribution is -0.139. The van der Waals surface area contributed by atoms with Crippen molar-refractivity contribution in [3.8, 4) is 5.75 Å². The number of halogens is 3. The molecule has 0 aromatic heterocycles. The van der Waals surface area contributed by atoms with Crippen LogP contribution in [0.4, 0.5) is 4.39 Å². The molecule has 0 saturated heterocycles. The van der Waals surface area contributed by atoms with E-state index in [1.54, 1.807) is 0 Å². The topological polar surface area (TPSA) is 92.7 Å². The maximum atomic E-state index is 14.1. The van der Waals surface area contributed by atoms with Crippen LogP contribution < -0.4 is 10.1 Å². The number of aliphatic carboxylic acids is 1. The lowest BCUT2D eigenvalue weighted by atomic mass is 9.87. The number of rotatable bonds is 7. The Kier molecular flexibility index (Phi) is 6.68. The number of carboxylic acids is 1. The zero-order chi connectivity index (χ0) is 21.2. The van der Waals surface area contributed by atoms with Crippen LogP contribution in [0.25, 0.3) is 0 Å². The first-order chi connectivity index (χ1) is 13.7. The summed E-state index contributed by atoms with van der Waals surface area (Å²) in [5.41, 5.74) is 1.23. The van der Waals surface area contributed by atoms with Crippen molar-refractivity contribution in [3.05, 3.63) is 57.3 Å². The fourth-order valence-corrected chi connectivity index (χ4v) is 5.29. The van der Waals surface area contributed by atoms with Crippen LogP contribution in [0, 0.1) is 5.82 Å². The fraction of sp³-hybridized carbons (Fsp3) is 0.316. The number of nitrogens with one attached hydrogen (secondary N) is 1. The molecule has 1 atom stereocenters. The Morgan fingerprint density at radius 2 is 2.03 bits per heavy atom. The van der Waals surface area contributed by atoms with E-state index in [2.05, 4.69) is 5.32 Å². The third-order valence-electron chi connectivity index (χ3n) is 4.60. The lowest BCUT2D eigenvalue weighted by Gasteiger charge is -2.28. The first-order valence-corrected chi connectivity index (χ1v) is 11.2. The minimum atomic E-state index is -3.79. The van der Waals surface area contributed by atoms with Crippen LogP contribution in [0.5, 0.6) is 5.75 Å². The van der Waals surface area contributed by atoms with Crippen LogP contribution in [-0.2, 0) is 21.1 Å². The summed E-state index contributed by atoms with van der Waals surface area (Å²) in [6, 6.07) is 6.22. The van der Waals surface area contributed by atoms with Crippen molar-refractivity contribution in [3.63, 3.8) is 0 Å².